The summed E-state index contributed by atoms with van der Waals surface area (Å²) in [6.07, 6.45) is 0. The van der Waals surface area contributed by atoms with Crippen LogP contribution in [0.4, 0.5) is 0 Å². The quantitative estimate of drug-likeness (QED) is 0.813. The van der Waals surface area contributed by atoms with E-state index in [-0.39, 0.29) is 18.5 Å². The summed E-state index contributed by atoms with van der Waals surface area (Å²) in [7, 11) is 1.63. The molecule has 1 aromatic carbocycles. The molecule has 0 fully saturated rings. The molecule has 1 unspecified atom stereocenters. The van der Waals surface area contributed by atoms with Crippen LogP contribution >= 0.6 is 0 Å². The Labute approximate surface area is 108 Å². The van der Waals surface area contributed by atoms with Crippen LogP contribution in [0.3, 0.4) is 0 Å². The van der Waals surface area contributed by atoms with E-state index in [0.29, 0.717) is 0 Å². The second-order valence-corrected chi connectivity index (χ2v) is 4.68. The highest BCUT2D eigenvalue weighted by Crippen LogP contribution is 2.19. The zero-order valence-corrected chi connectivity index (χ0v) is 11.4. The van der Waals surface area contributed by atoms with E-state index in [2.05, 4.69) is 0 Å². The number of esters is 1. The Morgan fingerprint density at radius 3 is 2.56 bits per heavy atom. The molecule has 1 atom stereocenters. The van der Waals surface area contributed by atoms with E-state index in [9.17, 15) is 4.79 Å². The summed E-state index contributed by atoms with van der Waals surface area (Å²) in [6.45, 7) is 5.97. The van der Waals surface area contributed by atoms with Crippen LogP contribution in [0.2, 0.25) is 0 Å². The number of ether oxygens (including phenoxy) is 2. The molecule has 0 saturated heterocycles. The van der Waals surface area contributed by atoms with Crippen LogP contribution in [-0.2, 0) is 16.1 Å². The molecule has 0 aliphatic carbocycles. The van der Waals surface area contributed by atoms with Gasteiger partial charge in [0, 0.05) is 0 Å². The van der Waals surface area contributed by atoms with Crippen molar-refractivity contribution in [3.8, 4) is 5.75 Å². The Hall–Kier alpha value is -1.55. The lowest BCUT2D eigenvalue weighted by atomic mass is 10.1. The van der Waals surface area contributed by atoms with Crippen molar-refractivity contribution < 1.29 is 14.3 Å². The molecule has 1 aromatic rings. The number of hydrogen-bond donors (Lipinski definition) is 1. The lowest BCUT2D eigenvalue weighted by Gasteiger charge is -2.14. The van der Waals surface area contributed by atoms with Gasteiger partial charge in [-0.15, -0.1) is 0 Å². The molecule has 2 N–H and O–H groups in total. The number of benzene rings is 1. The van der Waals surface area contributed by atoms with Gasteiger partial charge in [-0.1, -0.05) is 19.9 Å². The van der Waals surface area contributed by atoms with Crippen molar-refractivity contribution >= 4 is 5.97 Å². The summed E-state index contributed by atoms with van der Waals surface area (Å²) in [5.41, 5.74) is 7.65. The molecule has 0 aliphatic rings. The lowest BCUT2D eigenvalue weighted by Crippen LogP contribution is -2.36. The molecular weight excluding hydrogens is 230 g/mol. The molecule has 0 amide bonds. The Kier molecular flexibility index (Phi) is 5.16. The van der Waals surface area contributed by atoms with Crippen molar-refractivity contribution in [3.63, 3.8) is 0 Å². The van der Waals surface area contributed by atoms with Crippen molar-refractivity contribution in [1.82, 2.24) is 0 Å². The van der Waals surface area contributed by atoms with Gasteiger partial charge in [0.05, 0.1) is 7.11 Å². The van der Waals surface area contributed by atoms with Gasteiger partial charge in [-0.05, 0) is 36.1 Å². The first kappa shape index (κ1) is 14.5. The number of aryl methyl sites for hydroxylation is 1. The van der Waals surface area contributed by atoms with Crippen molar-refractivity contribution in [1.29, 1.82) is 0 Å². The summed E-state index contributed by atoms with van der Waals surface area (Å²) >= 11 is 0. The zero-order chi connectivity index (χ0) is 13.7. The van der Waals surface area contributed by atoms with Crippen molar-refractivity contribution in [2.45, 2.75) is 33.4 Å². The van der Waals surface area contributed by atoms with E-state index in [1.807, 2.05) is 39.0 Å². The van der Waals surface area contributed by atoms with E-state index >= 15 is 0 Å². The van der Waals surface area contributed by atoms with E-state index in [1.54, 1.807) is 7.11 Å². The molecule has 18 heavy (non-hydrogen) atoms. The predicted molar refractivity (Wildman–Crippen MR) is 70.3 cm³/mol. The second kappa shape index (κ2) is 6.40. The first-order valence-electron chi connectivity index (χ1n) is 6.01. The van der Waals surface area contributed by atoms with Gasteiger partial charge in [-0.25, -0.2) is 0 Å². The maximum absolute atomic E-state index is 11.6. The van der Waals surface area contributed by atoms with Gasteiger partial charge in [-0.2, -0.15) is 0 Å². The molecule has 0 saturated carbocycles. The molecule has 1 rings (SSSR count). The van der Waals surface area contributed by atoms with Gasteiger partial charge in [0.2, 0.25) is 0 Å². The third-order valence-corrected chi connectivity index (χ3v) is 2.83. The average Bonchev–Trinajstić information content (AvgIpc) is 2.35. The average molecular weight is 251 g/mol. The Balaban J connectivity index is 2.59. The van der Waals surface area contributed by atoms with Crippen LogP contribution < -0.4 is 10.5 Å². The van der Waals surface area contributed by atoms with E-state index in [4.69, 9.17) is 15.2 Å². The van der Waals surface area contributed by atoms with Gasteiger partial charge >= 0.3 is 5.97 Å². The SMILES string of the molecule is COc1ccc(COC(=O)C(N)C(C)C)cc1C. The normalized spacial score (nSPS) is 12.3. The topological polar surface area (TPSA) is 61.5 Å². The highest BCUT2D eigenvalue weighted by atomic mass is 16.5. The largest absolute Gasteiger partial charge is 0.496 e. The minimum atomic E-state index is -0.565. The number of carbonyl (C=O) groups excluding carboxylic acids is 1. The Morgan fingerprint density at radius 2 is 2.06 bits per heavy atom. The fraction of sp³-hybridized carbons (Fsp3) is 0.500. The molecule has 0 spiro atoms. The van der Waals surface area contributed by atoms with E-state index < -0.39 is 6.04 Å². The fourth-order valence-electron chi connectivity index (χ4n) is 1.55. The second-order valence-electron chi connectivity index (χ2n) is 4.68. The molecule has 4 heteroatoms. The zero-order valence-electron chi connectivity index (χ0n) is 11.4. The monoisotopic (exact) mass is 251 g/mol. The number of carbonyl (C=O) groups is 1. The molecular formula is C14H21NO3. The van der Waals surface area contributed by atoms with Crippen LogP contribution in [0, 0.1) is 12.8 Å². The first-order valence-corrected chi connectivity index (χ1v) is 6.01. The standard InChI is InChI=1S/C14H21NO3/c1-9(2)13(15)14(16)18-8-11-5-6-12(17-4)10(3)7-11/h5-7,9,13H,8,15H2,1-4H3. The van der Waals surface area contributed by atoms with E-state index in [0.717, 1.165) is 16.9 Å². The van der Waals surface area contributed by atoms with Gasteiger partial charge in [0.15, 0.2) is 0 Å². The summed E-state index contributed by atoms with van der Waals surface area (Å²) in [5.74, 6) is 0.539. The Morgan fingerprint density at radius 1 is 1.39 bits per heavy atom. The van der Waals surface area contributed by atoms with Crippen LogP contribution in [0.5, 0.6) is 5.75 Å². The highest BCUT2D eigenvalue weighted by molar-refractivity contribution is 5.75. The highest BCUT2D eigenvalue weighted by Gasteiger charge is 2.18. The molecule has 4 nitrogen and oxygen atoms in total. The summed E-state index contributed by atoms with van der Waals surface area (Å²) in [5, 5.41) is 0. The molecule has 0 bridgehead atoms. The summed E-state index contributed by atoms with van der Waals surface area (Å²) in [4.78, 5) is 11.6. The molecule has 0 radical (unpaired) electrons. The Bertz CT molecular complexity index is 416. The van der Waals surface area contributed by atoms with Crippen molar-refractivity contribution in [2.75, 3.05) is 7.11 Å². The van der Waals surface area contributed by atoms with Crippen LogP contribution in [0.1, 0.15) is 25.0 Å². The van der Waals surface area contributed by atoms with Gasteiger partial charge in [-0.3, -0.25) is 4.79 Å². The smallest absolute Gasteiger partial charge is 0.323 e. The third-order valence-electron chi connectivity index (χ3n) is 2.83. The van der Waals surface area contributed by atoms with Crippen LogP contribution in [0.15, 0.2) is 18.2 Å². The molecule has 0 aliphatic heterocycles. The minimum absolute atomic E-state index is 0.0788. The lowest BCUT2D eigenvalue weighted by molar-refractivity contribution is -0.147. The van der Waals surface area contributed by atoms with Crippen molar-refractivity contribution in [3.05, 3.63) is 29.3 Å². The van der Waals surface area contributed by atoms with Crippen LogP contribution in [0.25, 0.3) is 0 Å². The van der Waals surface area contributed by atoms with Crippen LogP contribution in [-0.4, -0.2) is 19.1 Å². The van der Waals surface area contributed by atoms with E-state index in [1.165, 1.54) is 0 Å². The van der Waals surface area contributed by atoms with Gasteiger partial charge in [0.25, 0.3) is 0 Å². The number of hydrogen-bond acceptors (Lipinski definition) is 4. The maximum atomic E-state index is 11.6. The predicted octanol–water partition coefficient (Wildman–Crippen LogP) is 2.03. The van der Waals surface area contributed by atoms with Gasteiger partial charge in [0.1, 0.15) is 18.4 Å². The molecule has 100 valence electrons. The fourth-order valence-corrected chi connectivity index (χ4v) is 1.55. The van der Waals surface area contributed by atoms with Crippen molar-refractivity contribution in [2.24, 2.45) is 11.7 Å². The molecule has 0 aromatic heterocycles. The summed E-state index contributed by atoms with van der Waals surface area (Å²) < 4.78 is 10.3. The minimum Gasteiger partial charge on any atom is -0.496 e. The third kappa shape index (κ3) is 3.74. The number of rotatable bonds is 5. The summed E-state index contributed by atoms with van der Waals surface area (Å²) in [6, 6.07) is 5.11. The maximum Gasteiger partial charge on any atom is 0.323 e. The number of nitrogens with two attached hydrogens (primary N) is 1. The first-order chi connectivity index (χ1) is 8.45. The number of methoxy groups -OCH3 is 1. The van der Waals surface area contributed by atoms with Gasteiger partial charge < -0.3 is 15.2 Å². The molecule has 0 heterocycles.